The zero-order chi connectivity index (χ0) is 16.8. The van der Waals surface area contributed by atoms with Gasteiger partial charge in [-0.15, -0.1) is 0 Å². The van der Waals surface area contributed by atoms with Gasteiger partial charge in [-0.3, -0.25) is 0 Å². The van der Waals surface area contributed by atoms with E-state index in [9.17, 15) is 5.11 Å². The van der Waals surface area contributed by atoms with Crippen molar-refractivity contribution in [3.05, 3.63) is 78.1 Å². The second-order valence-electron chi connectivity index (χ2n) is 5.54. The number of benzene rings is 2. The van der Waals surface area contributed by atoms with Gasteiger partial charge in [0.1, 0.15) is 5.75 Å². The summed E-state index contributed by atoms with van der Waals surface area (Å²) >= 11 is 0. The Morgan fingerprint density at radius 3 is 2.71 bits per heavy atom. The van der Waals surface area contributed by atoms with Crippen LogP contribution in [0.25, 0.3) is 5.69 Å². The molecule has 5 heteroatoms. The molecule has 24 heavy (non-hydrogen) atoms. The van der Waals surface area contributed by atoms with Crippen LogP contribution in [0.2, 0.25) is 0 Å². The van der Waals surface area contributed by atoms with Crippen LogP contribution < -0.4 is 10.1 Å². The fourth-order valence-corrected chi connectivity index (χ4v) is 2.51. The number of hydrogen-bond donors (Lipinski definition) is 2. The van der Waals surface area contributed by atoms with Gasteiger partial charge in [0.25, 0.3) is 0 Å². The Labute approximate surface area is 141 Å². The summed E-state index contributed by atoms with van der Waals surface area (Å²) in [7, 11) is 1.62. The van der Waals surface area contributed by atoms with Crippen molar-refractivity contribution < 1.29 is 9.84 Å². The van der Waals surface area contributed by atoms with E-state index in [2.05, 4.69) is 22.5 Å². The maximum atomic E-state index is 10.3. The third-order valence-electron chi connectivity index (χ3n) is 3.85. The van der Waals surface area contributed by atoms with E-state index in [1.807, 2.05) is 53.3 Å². The number of aromatic nitrogens is 2. The molecule has 124 valence electrons. The first kappa shape index (κ1) is 16.2. The van der Waals surface area contributed by atoms with E-state index < -0.39 is 6.10 Å². The van der Waals surface area contributed by atoms with Crippen molar-refractivity contribution in [2.24, 2.45) is 0 Å². The minimum Gasteiger partial charge on any atom is -0.497 e. The van der Waals surface area contributed by atoms with Crippen LogP contribution in [0.15, 0.2) is 67.0 Å². The zero-order valence-electron chi connectivity index (χ0n) is 13.6. The van der Waals surface area contributed by atoms with Crippen molar-refractivity contribution in [2.45, 2.75) is 12.6 Å². The lowest BCUT2D eigenvalue weighted by Gasteiger charge is -2.13. The van der Waals surface area contributed by atoms with Crippen LogP contribution in [0.1, 0.15) is 17.2 Å². The Morgan fingerprint density at radius 1 is 1.17 bits per heavy atom. The van der Waals surface area contributed by atoms with Crippen LogP contribution in [0.3, 0.4) is 0 Å². The van der Waals surface area contributed by atoms with Gasteiger partial charge in [0.05, 0.1) is 18.9 Å². The summed E-state index contributed by atoms with van der Waals surface area (Å²) in [6, 6.07) is 17.6. The molecule has 0 amide bonds. The number of rotatable bonds is 7. The van der Waals surface area contributed by atoms with Crippen LogP contribution in [0.4, 0.5) is 0 Å². The Kier molecular flexibility index (Phi) is 5.25. The van der Waals surface area contributed by atoms with Crippen LogP contribution in [0.5, 0.6) is 5.75 Å². The molecule has 0 radical (unpaired) electrons. The largest absolute Gasteiger partial charge is 0.497 e. The average molecular weight is 323 g/mol. The average Bonchev–Trinajstić information content (AvgIpc) is 3.17. The first-order chi connectivity index (χ1) is 11.8. The number of nitrogens with zero attached hydrogens (tertiary/aromatic N) is 2. The molecule has 2 N–H and O–H groups in total. The van der Waals surface area contributed by atoms with E-state index in [1.165, 1.54) is 0 Å². The van der Waals surface area contributed by atoms with Crippen molar-refractivity contribution in [3.63, 3.8) is 0 Å². The topological polar surface area (TPSA) is 59.3 Å². The summed E-state index contributed by atoms with van der Waals surface area (Å²) in [5, 5.41) is 17.7. The molecule has 0 saturated carbocycles. The third kappa shape index (κ3) is 4.01. The third-order valence-corrected chi connectivity index (χ3v) is 3.85. The maximum absolute atomic E-state index is 10.3. The molecule has 1 unspecified atom stereocenters. The molecule has 3 aromatic rings. The summed E-state index contributed by atoms with van der Waals surface area (Å²) in [4.78, 5) is 0. The number of methoxy groups -OCH3 is 1. The molecule has 1 heterocycles. The van der Waals surface area contributed by atoms with E-state index in [0.717, 1.165) is 22.6 Å². The highest BCUT2D eigenvalue weighted by molar-refractivity contribution is 5.34. The molecule has 0 aliphatic carbocycles. The standard InChI is InChI=1S/C19H21N3O2/c1-24-18-5-2-4-16(12-18)19(23)14-20-13-15-6-8-17(9-7-15)22-11-3-10-21-22/h2-12,19-20,23H,13-14H2,1H3. The second kappa shape index (κ2) is 7.77. The Hall–Kier alpha value is -2.63. The van der Waals surface area contributed by atoms with E-state index in [0.29, 0.717) is 13.1 Å². The molecule has 0 saturated heterocycles. The number of ether oxygens (including phenoxy) is 1. The van der Waals surface area contributed by atoms with Crippen molar-refractivity contribution in [3.8, 4) is 11.4 Å². The normalized spacial score (nSPS) is 12.1. The fourth-order valence-electron chi connectivity index (χ4n) is 2.51. The molecule has 1 aromatic heterocycles. The molecular formula is C19H21N3O2. The lowest BCUT2D eigenvalue weighted by Crippen LogP contribution is -2.21. The van der Waals surface area contributed by atoms with E-state index in [1.54, 1.807) is 13.3 Å². The van der Waals surface area contributed by atoms with Gasteiger partial charge in [-0.1, -0.05) is 24.3 Å². The number of hydrogen-bond acceptors (Lipinski definition) is 4. The smallest absolute Gasteiger partial charge is 0.119 e. The summed E-state index contributed by atoms with van der Waals surface area (Å²) in [5.41, 5.74) is 3.03. The van der Waals surface area contributed by atoms with Gasteiger partial charge in [0.2, 0.25) is 0 Å². The van der Waals surface area contributed by atoms with E-state index >= 15 is 0 Å². The highest BCUT2D eigenvalue weighted by Crippen LogP contribution is 2.18. The SMILES string of the molecule is COc1cccc(C(O)CNCc2ccc(-n3cccn3)cc2)c1. The first-order valence-corrected chi connectivity index (χ1v) is 7.88. The molecule has 0 aliphatic heterocycles. The summed E-state index contributed by atoms with van der Waals surface area (Å²) in [6.07, 6.45) is 3.11. The Balaban J connectivity index is 1.52. The Morgan fingerprint density at radius 2 is 2.00 bits per heavy atom. The molecule has 3 rings (SSSR count). The number of aliphatic hydroxyl groups is 1. The molecule has 0 aliphatic rings. The number of nitrogens with one attached hydrogen (secondary N) is 1. The molecule has 2 aromatic carbocycles. The van der Waals surface area contributed by atoms with Gasteiger partial charge in [0, 0.05) is 25.5 Å². The van der Waals surface area contributed by atoms with Gasteiger partial charge < -0.3 is 15.2 Å². The zero-order valence-corrected chi connectivity index (χ0v) is 13.6. The van der Waals surface area contributed by atoms with Crippen molar-refractivity contribution in [2.75, 3.05) is 13.7 Å². The van der Waals surface area contributed by atoms with Crippen LogP contribution in [-0.2, 0) is 6.54 Å². The first-order valence-electron chi connectivity index (χ1n) is 7.88. The van der Waals surface area contributed by atoms with Gasteiger partial charge in [-0.25, -0.2) is 4.68 Å². The second-order valence-corrected chi connectivity index (χ2v) is 5.54. The lowest BCUT2D eigenvalue weighted by molar-refractivity contribution is 0.174. The molecule has 0 spiro atoms. The highest BCUT2D eigenvalue weighted by atomic mass is 16.5. The molecular weight excluding hydrogens is 302 g/mol. The summed E-state index contributed by atoms with van der Waals surface area (Å²) in [5.74, 6) is 0.751. The molecule has 1 atom stereocenters. The van der Waals surface area contributed by atoms with E-state index in [4.69, 9.17) is 4.74 Å². The van der Waals surface area contributed by atoms with Crippen LogP contribution in [-0.4, -0.2) is 28.5 Å². The van der Waals surface area contributed by atoms with Crippen LogP contribution in [0, 0.1) is 0 Å². The fraction of sp³-hybridized carbons (Fsp3) is 0.211. The van der Waals surface area contributed by atoms with Gasteiger partial charge in [0.15, 0.2) is 0 Å². The predicted molar refractivity (Wildman–Crippen MR) is 93.2 cm³/mol. The highest BCUT2D eigenvalue weighted by Gasteiger charge is 2.08. The quantitative estimate of drug-likeness (QED) is 0.702. The van der Waals surface area contributed by atoms with Gasteiger partial charge in [-0.2, -0.15) is 5.10 Å². The molecule has 5 nitrogen and oxygen atoms in total. The minimum absolute atomic E-state index is 0.480. The minimum atomic E-state index is -0.566. The van der Waals surface area contributed by atoms with Gasteiger partial charge in [-0.05, 0) is 41.5 Å². The monoisotopic (exact) mass is 323 g/mol. The number of aliphatic hydroxyl groups excluding tert-OH is 1. The molecule has 0 bridgehead atoms. The maximum Gasteiger partial charge on any atom is 0.119 e. The summed E-state index contributed by atoms with van der Waals surface area (Å²) < 4.78 is 7.01. The van der Waals surface area contributed by atoms with Gasteiger partial charge >= 0.3 is 0 Å². The van der Waals surface area contributed by atoms with Crippen LogP contribution >= 0.6 is 0 Å². The van der Waals surface area contributed by atoms with Crippen molar-refractivity contribution in [1.82, 2.24) is 15.1 Å². The predicted octanol–water partition coefficient (Wildman–Crippen LogP) is 2.70. The van der Waals surface area contributed by atoms with Crippen molar-refractivity contribution >= 4 is 0 Å². The van der Waals surface area contributed by atoms with E-state index in [-0.39, 0.29) is 0 Å². The Bertz CT molecular complexity index is 755. The van der Waals surface area contributed by atoms with Crippen molar-refractivity contribution in [1.29, 1.82) is 0 Å². The molecule has 0 fully saturated rings. The lowest BCUT2D eigenvalue weighted by atomic mass is 10.1. The summed E-state index contributed by atoms with van der Waals surface area (Å²) in [6.45, 7) is 1.18.